The van der Waals surface area contributed by atoms with Crippen molar-refractivity contribution >= 4 is 28.8 Å². The second kappa shape index (κ2) is 12.7. The molecule has 11 nitrogen and oxygen atoms in total. The van der Waals surface area contributed by atoms with E-state index in [2.05, 4.69) is 4.90 Å². The molecule has 3 rings (SSSR count). The average Bonchev–Trinajstić information content (AvgIpc) is 2.79. The zero-order valence-corrected chi connectivity index (χ0v) is 19.5. The molecule has 0 unspecified atom stereocenters. The molecule has 1 aliphatic rings. The number of aliphatic carboxylic acids is 3. The fourth-order valence-corrected chi connectivity index (χ4v) is 3.93. The summed E-state index contributed by atoms with van der Waals surface area (Å²) in [6, 6.07) is 11.8. The van der Waals surface area contributed by atoms with E-state index in [0.717, 1.165) is 16.6 Å². The van der Waals surface area contributed by atoms with E-state index < -0.39 is 17.9 Å². The lowest BCUT2D eigenvalue weighted by Crippen LogP contribution is -2.44. The SMILES string of the molecule is O=C(O)CN1/C=C\N(CC(=O)O)CCN(Cc2ccc3ccccc3n2)CCN(CC(=O)O)CC1. The van der Waals surface area contributed by atoms with Crippen LogP contribution >= 0.6 is 0 Å². The molecule has 1 aromatic carbocycles. The highest BCUT2D eigenvalue weighted by Crippen LogP contribution is 2.13. The number of carboxylic acids is 3. The smallest absolute Gasteiger partial charge is 0.323 e. The quantitative estimate of drug-likeness (QED) is 0.487. The predicted octanol–water partition coefficient (Wildman–Crippen LogP) is 0.681. The van der Waals surface area contributed by atoms with Crippen molar-refractivity contribution in [1.29, 1.82) is 0 Å². The van der Waals surface area contributed by atoms with Gasteiger partial charge in [-0.2, -0.15) is 0 Å². The Morgan fingerprint density at radius 3 is 1.86 bits per heavy atom. The maximum atomic E-state index is 11.4. The normalized spacial score (nSPS) is 17.5. The van der Waals surface area contributed by atoms with Crippen molar-refractivity contribution in [2.45, 2.75) is 6.54 Å². The van der Waals surface area contributed by atoms with Crippen molar-refractivity contribution in [3.05, 3.63) is 54.5 Å². The Bertz CT molecular complexity index is 1060. The first-order valence-electron chi connectivity index (χ1n) is 11.4. The van der Waals surface area contributed by atoms with Gasteiger partial charge in [-0.1, -0.05) is 24.3 Å². The van der Waals surface area contributed by atoms with Crippen LogP contribution in [0.15, 0.2) is 48.8 Å². The topological polar surface area (TPSA) is 138 Å². The van der Waals surface area contributed by atoms with E-state index in [0.29, 0.717) is 45.8 Å². The summed E-state index contributed by atoms with van der Waals surface area (Å²) >= 11 is 0. The van der Waals surface area contributed by atoms with Gasteiger partial charge >= 0.3 is 17.9 Å². The van der Waals surface area contributed by atoms with Crippen LogP contribution in [0.1, 0.15) is 5.69 Å². The van der Waals surface area contributed by atoms with Crippen LogP contribution in [0, 0.1) is 0 Å². The van der Waals surface area contributed by atoms with Crippen LogP contribution in [0.25, 0.3) is 10.9 Å². The number of benzene rings is 1. The Balaban J connectivity index is 1.81. The number of para-hydroxylation sites is 1. The Morgan fingerprint density at radius 2 is 1.23 bits per heavy atom. The largest absolute Gasteiger partial charge is 0.480 e. The van der Waals surface area contributed by atoms with Crippen LogP contribution < -0.4 is 0 Å². The van der Waals surface area contributed by atoms with Crippen LogP contribution in [0.2, 0.25) is 0 Å². The highest BCUT2D eigenvalue weighted by atomic mass is 16.4. The molecule has 1 aliphatic heterocycles. The lowest BCUT2D eigenvalue weighted by Gasteiger charge is -2.31. The summed E-state index contributed by atoms with van der Waals surface area (Å²) in [6.45, 7) is 2.47. The van der Waals surface area contributed by atoms with E-state index in [4.69, 9.17) is 4.98 Å². The Kier molecular flexibility index (Phi) is 9.39. The monoisotopic (exact) mass is 485 g/mol. The molecule has 2 heterocycles. The zero-order valence-electron chi connectivity index (χ0n) is 19.5. The molecule has 11 heteroatoms. The van der Waals surface area contributed by atoms with Crippen molar-refractivity contribution in [1.82, 2.24) is 24.6 Å². The van der Waals surface area contributed by atoms with Gasteiger partial charge in [0.15, 0.2) is 0 Å². The van der Waals surface area contributed by atoms with Gasteiger partial charge in [-0.3, -0.25) is 29.2 Å². The number of hydrogen-bond acceptors (Lipinski definition) is 8. The molecule has 0 fully saturated rings. The molecule has 0 amide bonds. The summed E-state index contributed by atoms with van der Waals surface area (Å²) < 4.78 is 0. The molecular weight excluding hydrogens is 454 g/mol. The summed E-state index contributed by atoms with van der Waals surface area (Å²) in [4.78, 5) is 45.9. The van der Waals surface area contributed by atoms with E-state index in [1.54, 1.807) is 27.1 Å². The van der Waals surface area contributed by atoms with E-state index in [1.165, 1.54) is 0 Å². The molecule has 35 heavy (non-hydrogen) atoms. The van der Waals surface area contributed by atoms with Crippen molar-refractivity contribution in [3.8, 4) is 0 Å². The molecule has 0 atom stereocenters. The molecule has 1 aromatic heterocycles. The fraction of sp³-hybridized carbons (Fsp3) is 0.417. The molecule has 188 valence electrons. The van der Waals surface area contributed by atoms with Crippen LogP contribution in [-0.4, -0.2) is 117 Å². The molecule has 0 saturated carbocycles. The maximum Gasteiger partial charge on any atom is 0.323 e. The van der Waals surface area contributed by atoms with E-state index >= 15 is 0 Å². The molecule has 0 spiro atoms. The van der Waals surface area contributed by atoms with Gasteiger partial charge in [-0.25, -0.2) is 0 Å². The lowest BCUT2D eigenvalue weighted by atomic mass is 10.2. The number of fused-ring (bicyclic) bond motifs is 1. The first kappa shape index (κ1) is 25.9. The van der Waals surface area contributed by atoms with E-state index in [9.17, 15) is 29.7 Å². The average molecular weight is 486 g/mol. The van der Waals surface area contributed by atoms with Gasteiger partial charge in [0, 0.05) is 63.6 Å². The van der Waals surface area contributed by atoms with Gasteiger partial charge in [-0.15, -0.1) is 0 Å². The third-order valence-corrected chi connectivity index (χ3v) is 5.70. The van der Waals surface area contributed by atoms with Crippen LogP contribution in [0.3, 0.4) is 0 Å². The number of carboxylic acid groups (broad SMARTS) is 3. The minimum absolute atomic E-state index is 0.155. The second-order valence-corrected chi connectivity index (χ2v) is 8.47. The Hall–Kier alpha value is -3.70. The van der Waals surface area contributed by atoms with Crippen molar-refractivity contribution < 1.29 is 29.7 Å². The number of rotatable bonds is 8. The number of pyridine rings is 1. The second-order valence-electron chi connectivity index (χ2n) is 8.47. The highest BCUT2D eigenvalue weighted by molar-refractivity contribution is 5.78. The minimum atomic E-state index is -1.02. The van der Waals surface area contributed by atoms with Crippen molar-refractivity contribution in [2.24, 2.45) is 0 Å². The van der Waals surface area contributed by atoms with E-state index in [-0.39, 0.29) is 19.6 Å². The Morgan fingerprint density at radius 1 is 0.686 bits per heavy atom. The van der Waals surface area contributed by atoms with Gasteiger partial charge < -0.3 is 25.1 Å². The summed E-state index contributed by atoms with van der Waals surface area (Å²) in [7, 11) is 0. The molecule has 2 aromatic rings. The first-order valence-corrected chi connectivity index (χ1v) is 11.4. The zero-order chi connectivity index (χ0) is 25.2. The van der Waals surface area contributed by atoms with Gasteiger partial charge in [0.1, 0.15) is 13.1 Å². The highest BCUT2D eigenvalue weighted by Gasteiger charge is 2.17. The molecule has 0 aliphatic carbocycles. The molecular formula is C24H31N5O6. The van der Waals surface area contributed by atoms with Gasteiger partial charge in [0.05, 0.1) is 17.8 Å². The predicted molar refractivity (Wildman–Crippen MR) is 129 cm³/mol. The maximum absolute atomic E-state index is 11.4. The fourth-order valence-electron chi connectivity index (χ4n) is 3.93. The number of nitrogens with zero attached hydrogens (tertiary/aromatic N) is 5. The molecule has 0 saturated heterocycles. The lowest BCUT2D eigenvalue weighted by molar-refractivity contribution is -0.139. The van der Waals surface area contributed by atoms with E-state index in [1.807, 2.05) is 36.4 Å². The van der Waals surface area contributed by atoms with Gasteiger partial charge in [-0.05, 0) is 12.1 Å². The number of carbonyl (C=O) groups is 3. The summed E-state index contributed by atoms with van der Waals surface area (Å²) in [6.07, 6.45) is 3.15. The third-order valence-electron chi connectivity index (χ3n) is 5.70. The Labute approximate surface area is 203 Å². The molecule has 0 bridgehead atoms. The third kappa shape index (κ3) is 8.87. The van der Waals surface area contributed by atoms with Crippen LogP contribution in [-0.2, 0) is 20.9 Å². The molecule has 0 radical (unpaired) electrons. The summed E-state index contributed by atoms with van der Waals surface area (Å²) in [5.41, 5.74) is 1.76. The van der Waals surface area contributed by atoms with Crippen LogP contribution in [0.4, 0.5) is 0 Å². The van der Waals surface area contributed by atoms with Crippen LogP contribution in [0.5, 0.6) is 0 Å². The first-order chi connectivity index (χ1) is 16.8. The minimum Gasteiger partial charge on any atom is -0.480 e. The summed E-state index contributed by atoms with van der Waals surface area (Å²) in [5.74, 6) is -2.96. The molecule has 3 N–H and O–H groups in total. The van der Waals surface area contributed by atoms with Gasteiger partial charge in [0.25, 0.3) is 0 Å². The number of hydrogen-bond donors (Lipinski definition) is 3. The van der Waals surface area contributed by atoms with Crippen molar-refractivity contribution in [2.75, 3.05) is 58.9 Å². The standard InChI is InChI=1S/C24H31N5O6/c30-22(31)16-27-9-7-26(15-20-6-5-19-3-1-2-4-21(19)25-20)8-10-28(17-23(32)33)12-14-29(13-11-27)18-24(34)35/h1-6,11,13H,7-10,12,14-18H2,(H,30,31)(H,32,33)(H,34,35)/b13-11-. The number of aromatic nitrogens is 1. The van der Waals surface area contributed by atoms with Crippen molar-refractivity contribution in [3.63, 3.8) is 0 Å². The van der Waals surface area contributed by atoms with Gasteiger partial charge in [0.2, 0.25) is 0 Å². The summed E-state index contributed by atoms with van der Waals surface area (Å²) in [5, 5.41) is 28.9.